The van der Waals surface area contributed by atoms with Crippen LogP contribution in [0.3, 0.4) is 0 Å². The van der Waals surface area contributed by atoms with E-state index in [1.54, 1.807) is 0 Å². The van der Waals surface area contributed by atoms with Crippen molar-refractivity contribution in [3.8, 4) is 11.5 Å². The number of ether oxygens (including phenoxy) is 2. The highest BCUT2D eigenvalue weighted by atomic mass is 35.5. The molecule has 2 aromatic carbocycles. The van der Waals surface area contributed by atoms with Gasteiger partial charge in [-0.1, -0.05) is 35.9 Å². The number of likely N-dealkylation sites (tertiary alicyclic amines) is 1. The summed E-state index contributed by atoms with van der Waals surface area (Å²) in [6.45, 7) is 3.30. The topological polar surface area (TPSA) is 50.8 Å². The van der Waals surface area contributed by atoms with Gasteiger partial charge < -0.3 is 14.8 Å². The Morgan fingerprint density at radius 3 is 2.93 bits per heavy atom. The zero-order chi connectivity index (χ0) is 18.6. The normalized spacial score (nSPS) is 19.1. The summed E-state index contributed by atoms with van der Waals surface area (Å²) in [6, 6.07) is 13.7. The van der Waals surface area contributed by atoms with E-state index in [9.17, 15) is 4.79 Å². The largest absolute Gasteiger partial charge is 0.454 e. The molecule has 6 heteroatoms. The molecule has 2 aromatic rings. The maximum absolute atomic E-state index is 12.7. The molecular weight excluding hydrogens is 364 g/mol. The molecule has 0 radical (unpaired) electrons. The van der Waals surface area contributed by atoms with Crippen molar-refractivity contribution < 1.29 is 14.3 Å². The van der Waals surface area contributed by atoms with E-state index in [0.29, 0.717) is 6.54 Å². The van der Waals surface area contributed by atoms with Gasteiger partial charge in [0.05, 0.1) is 5.92 Å². The van der Waals surface area contributed by atoms with Crippen LogP contribution in [0.4, 0.5) is 0 Å². The molecule has 0 aromatic heterocycles. The van der Waals surface area contributed by atoms with E-state index < -0.39 is 0 Å². The number of rotatable bonds is 5. The van der Waals surface area contributed by atoms with E-state index in [1.165, 1.54) is 0 Å². The predicted molar refractivity (Wildman–Crippen MR) is 104 cm³/mol. The van der Waals surface area contributed by atoms with E-state index in [4.69, 9.17) is 21.1 Å². The Morgan fingerprint density at radius 1 is 1.19 bits per heavy atom. The molecule has 1 atom stereocenters. The first-order valence-corrected chi connectivity index (χ1v) is 9.69. The summed E-state index contributed by atoms with van der Waals surface area (Å²) in [4.78, 5) is 15.0. The molecule has 0 saturated carbocycles. The first-order valence-electron chi connectivity index (χ1n) is 9.31. The fourth-order valence-corrected chi connectivity index (χ4v) is 3.86. The Morgan fingerprint density at radius 2 is 2.04 bits per heavy atom. The van der Waals surface area contributed by atoms with Gasteiger partial charge in [-0.25, -0.2) is 0 Å². The first-order chi connectivity index (χ1) is 13.2. The third kappa shape index (κ3) is 4.37. The van der Waals surface area contributed by atoms with E-state index in [2.05, 4.69) is 10.2 Å². The number of halogens is 1. The summed E-state index contributed by atoms with van der Waals surface area (Å²) >= 11 is 6.28. The Hall–Kier alpha value is -2.24. The standard InChI is InChI=1S/C21H23ClN2O3/c22-18-6-2-1-4-16(18)12-24-9-3-5-17(13-24)21(25)23-11-15-7-8-19-20(10-15)27-14-26-19/h1-2,4,6-8,10,17H,3,5,9,11-14H2,(H,23,25). The molecule has 1 unspecified atom stereocenters. The lowest BCUT2D eigenvalue weighted by molar-refractivity contribution is -0.126. The highest BCUT2D eigenvalue weighted by molar-refractivity contribution is 6.31. The molecular formula is C21H23ClN2O3. The van der Waals surface area contributed by atoms with Gasteiger partial charge in [-0.2, -0.15) is 0 Å². The number of amides is 1. The zero-order valence-electron chi connectivity index (χ0n) is 15.1. The van der Waals surface area contributed by atoms with Crippen LogP contribution in [0.2, 0.25) is 5.02 Å². The summed E-state index contributed by atoms with van der Waals surface area (Å²) in [5.41, 5.74) is 2.12. The van der Waals surface area contributed by atoms with Crippen molar-refractivity contribution in [1.82, 2.24) is 10.2 Å². The van der Waals surface area contributed by atoms with Gasteiger partial charge in [0.25, 0.3) is 0 Å². The maximum atomic E-state index is 12.7. The van der Waals surface area contributed by atoms with Crippen molar-refractivity contribution in [2.45, 2.75) is 25.9 Å². The molecule has 0 bridgehead atoms. The molecule has 1 fully saturated rings. The Balaban J connectivity index is 1.31. The Labute approximate surface area is 164 Å². The van der Waals surface area contributed by atoms with Crippen molar-refractivity contribution >= 4 is 17.5 Å². The van der Waals surface area contributed by atoms with Gasteiger partial charge >= 0.3 is 0 Å². The molecule has 1 amide bonds. The molecule has 1 N–H and O–H groups in total. The van der Waals surface area contributed by atoms with E-state index in [0.717, 1.165) is 60.1 Å². The van der Waals surface area contributed by atoms with Gasteiger partial charge in [-0.15, -0.1) is 0 Å². The molecule has 0 aliphatic carbocycles. The number of hydrogen-bond acceptors (Lipinski definition) is 4. The van der Waals surface area contributed by atoms with Crippen molar-refractivity contribution in [1.29, 1.82) is 0 Å². The van der Waals surface area contributed by atoms with Gasteiger partial charge in [0.2, 0.25) is 12.7 Å². The maximum Gasteiger partial charge on any atom is 0.231 e. The Kier molecular flexibility index (Phi) is 5.50. The number of nitrogens with zero attached hydrogens (tertiary/aromatic N) is 1. The summed E-state index contributed by atoms with van der Waals surface area (Å²) in [6.07, 6.45) is 1.94. The van der Waals surface area contributed by atoms with Gasteiger partial charge in [0.15, 0.2) is 11.5 Å². The average molecular weight is 387 g/mol. The van der Waals surface area contributed by atoms with Gasteiger partial charge in [0, 0.05) is 24.7 Å². The number of fused-ring (bicyclic) bond motifs is 1. The van der Waals surface area contributed by atoms with Gasteiger partial charge in [-0.3, -0.25) is 9.69 Å². The average Bonchev–Trinajstić information content (AvgIpc) is 3.16. The van der Waals surface area contributed by atoms with Crippen molar-refractivity contribution in [3.05, 3.63) is 58.6 Å². The quantitative estimate of drug-likeness (QED) is 0.853. The van der Waals surface area contributed by atoms with Gasteiger partial charge in [-0.05, 0) is 48.7 Å². The van der Waals surface area contributed by atoms with Crippen LogP contribution in [-0.4, -0.2) is 30.7 Å². The van der Waals surface area contributed by atoms with Crippen LogP contribution in [0.15, 0.2) is 42.5 Å². The fourth-order valence-electron chi connectivity index (χ4n) is 3.67. The lowest BCUT2D eigenvalue weighted by Gasteiger charge is -2.32. The minimum absolute atomic E-state index is 0.00949. The molecule has 2 heterocycles. The minimum atomic E-state index is 0.00949. The minimum Gasteiger partial charge on any atom is -0.454 e. The van der Waals surface area contributed by atoms with Crippen LogP contribution in [0.25, 0.3) is 0 Å². The highest BCUT2D eigenvalue weighted by Crippen LogP contribution is 2.32. The molecule has 27 heavy (non-hydrogen) atoms. The van der Waals surface area contributed by atoms with Crippen LogP contribution >= 0.6 is 11.6 Å². The monoisotopic (exact) mass is 386 g/mol. The van der Waals surface area contributed by atoms with E-state index >= 15 is 0 Å². The van der Waals surface area contributed by atoms with Crippen LogP contribution in [-0.2, 0) is 17.9 Å². The second kappa shape index (κ2) is 8.19. The Bertz CT molecular complexity index is 827. The van der Waals surface area contributed by atoms with Crippen molar-refractivity contribution in [2.24, 2.45) is 5.92 Å². The lowest BCUT2D eigenvalue weighted by Crippen LogP contribution is -2.42. The van der Waals surface area contributed by atoms with Crippen molar-refractivity contribution in [2.75, 3.05) is 19.9 Å². The van der Waals surface area contributed by atoms with E-state index in [1.807, 2.05) is 42.5 Å². The first kappa shape index (κ1) is 18.1. The number of piperidine rings is 1. The fraction of sp³-hybridized carbons (Fsp3) is 0.381. The number of carbonyl (C=O) groups excluding carboxylic acids is 1. The molecule has 0 spiro atoms. The third-order valence-electron chi connectivity index (χ3n) is 5.13. The summed E-state index contributed by atoms with van der Waals surface area (Å²) in [7, 11) is 0. The molecule has 2 aliphatic rings. The molecule has 4 rings (SSSR count). The third-order valence-corrected chi connectivity index (χ3v) is 5.50. The summed E-state index contributed by atoms with van der Waals surface area (Å²) < 4.78 is 10.7. The zero-order valence-corrected chi connectivity index (χ0v) is 15.9. The number of carbonyl (C=O) groups is 1. The van der Waals surface area contributed by atoms with Crippen LogP contribution in [0.5, 0.6) is 11.5 Å². The lowest BCUT2D eigenvalue weighted by atomic mass is 9.96. The molecule has 142 valence electrons. The van der Waals surface area contributed by atoms with Crippen molar-refractivity contribution in [3.63, 3.8) is 0 Å². The smallest absolute Gasteiger partial charge is 0.231 e. The number of benzene rings is 2. The highest BCUT2D eigenvalue weighted by Gasteiger charge is 2.26. The number of hydrogen-bond donors (Lipinski definition) is 1. The second-order valence-electron chi connectivity index (χ2n) is 7.07. The van der Waals surface area contributed by atoms with Crippen LogP contribution in [0, 0.1) is 5.92 Å². The molecule has 5 nitrogen and oxygen atoms in total. The summed E-state index contributed by atoms with van der Waals surface area (Å²) in [5.74, 6) is 1.62. The predicted octanol–water partition coefficient (Wildman–Crippen LogP) is 3.60. The van der Waals surface area contributed by atoms with Crippen LogP contribution < -0.4 is 14.8 Å². The molecule has 1 saturated heterocycles. The second-order valence-corrected chi connectivity index (χ2v) is 7.48. The molecule has 2 aliphatic heterocycles. The summed E-state index contributed by atoms with van der Waals surface area (Å²) in [5, 5.41) is 3.85. The number of nitrogens with one attached hydrogen (secondary N) is 1. The van der Waals surface area contributed by atoms with Crippen LogP contribution in [0.1, 0.15) is 24.0 Å². The van der Waals surface area contributed by atoms with E-state index in [-0.39, 0.29) is 18.6 Å². The van der Waals surface area contributed by atoms with Gasteiger partial charge in [0.1, 0.15) is 0 Å². The SMILES string of the molecule is O=C(NCc1ccc2c(c1)OCO2)C1CCCN(Cc2ccccc2Cl)C1.